The predicted molar refractivity (Wildman–Crippen MR) is 227 cm³/mol. The lowest BCUT2D eigenvalue weighted by atomic mass is 9.98. The van der Waals surface area contributed by atoms with Gasteiger partial charge in [-0.25, -0.2) is 17.6 Å². The van der Waals surface area contributed by atoms with Crippen molar-refractivity contribution in [2.45, 2.75) is 0 Å². The van der Waals surface area contributed by atoms with Crippen LogP contribution in [0.5, 0.6) is 0 Å². The molecule has 0 bridgehead atoms. The van der Waals surface area contributed by atoms with E-state index in [0.717, 1.165) is 63.0 Å². The molecule has 0 spiro atoms. The van der Waals surface area contributed by atoms with E-state index in [9.17, 15) is 0 Å². The van der Waals surface area contributed by atoms with E-state index in [1.165, 1.54) is 24.3 Å². The standard InChI is InChI=1S/C50H28F4S2/c51-43-21-31(11-15-39(43)29-7-3-1-4-8-29)41-17-13-33(23-45(41)53)47-27-37-19-35-26-50-38(20-36(35)25-49(37)55-47)28-48(56-50)34-14-18-42(46(54)24-34)32-12-16-40(44(52)22-32)30-9-5-2-6-10-30/h1-28H. The first-order chi connectivity index (χ1) is 27.3. The minimum atomic E-state index is -0.408. The van der Waals surface area contributed by atoms with Crippen LogP contribution in [0.15, 0.2) is 170 Å². The molecule has 0 N–H and O–H groups in total. The van der Waals surface area contributed by atoms with Crippen molar-refractivity contribution in [2.75, 3.05) is 0 Å². The maximum atomic E-state index is 15.6. The van der Waals surface area contributed by atoms with Crippen LogP contribution in [0.2, 0.25) is 0 Å². The Balaban J connectivity index is 0.915. The molecule has 2 heterocycles. The highest BCUT2D eigenvalue weighted by Gasteiger charge is 2.16. The van der Waals surface area contributed by atoms with E-state index < -0.39 is 23.3 Å². The van der Waals surface area contributed by atoms with E-state index >= 15 is 17.6 Å². The van der Waals surface area contributed by atoms with Gasteiger partial charge in [0.25, 0.3) is 0 Å². The Morgan fingerprint density at radius 1 is 0.268 bits per heavy atom. The van der Waals surface area contributed by atoms with Gasteiger partial charge in [0.05, 0.1) is 0 Å². The lowest BCUT2D eigenvalue weighted by Crippen LogP contribution is -1.89. The second kappa shape index (κ2) is 13.7. The quantitative estimate of drug-likeness (QED) is 0.148. The zero-order valence-electron chi connectivity index (χ0n) is 29.5. The summed E-state index contributed by atoms with van der Waals surface area (Å²) in [5, 5.41) is 4.27. The van der Waals surface area contributed by atoms with Gasteiger partial charge in [-0.1, -0.05) is 109 Å². The number of rotatable bonds is 6. The summed E-state index contributed by atoms with van der Waals surface area (Å²) in [4.78, 5) is 1.88. The molecule has 10 rings (SSSR count). The number of fused-ring (bicyclic) bond motifs is 3. The summed E-state index contributed by atoms with van der Waals surface area (Å²) in [7, 11) is 0. The van der Waals surface area contributed by atoms with Gasteiger partial charge >= 0.3 is 0 Å². The molecule has 0 nitrogen and oxygen atoms in total. The largest absolute Gasteiger partial charge is 0.206 e. The van der Waals surface area contributed by atoms with Gasteiger partial charge in [0.1, 0.15) is 23.3 Å². The Labute approximate surface area is 328 Å². The lowest BCUT2D eigenvalue weighted by molar-refractivity contribution is 0.626. The van der Waals surface area contributed by atoms with E-state index in [1.807, 2.05) is 72.8 Å². The van der Waals surface area contributed by atoms with E-state index in [4.69, 9.17) is 0 Å². The molecule has 0 aliphatic rings. The molecule has 0 fully saturated rings. The Bertz CT molecular complexity index is 2850. The summed E-state index contributed by atoms with van der Waals surface area (Å²) in [6.45, 7) is 0. The summed E-state index contributed by atoms with van der Waals surface area (Å²) in [5.74, 6) is -1.61. The summed E-state index contributed by atoms with van der Waals surface area (Å²) < 4.78 is 63.5. The summed E-state index contributed by atoms with van der Waals surface area (Å²) in [6.07, 6.45) is 0. The first-order valence-electron chi connectivity index (χ1n) is 18.1. The molecule has 0 amide bonds. The number of hydrogen-bond acceptors (Lipinski definition) is 2. The highest BCUT2D eigenvalue weighted by atomic mass is 32.1. The van der Waals surface area contributed by atoms with Gasteiger partial charge in [-0.2, -0.15) is 0 Å². The first kappa shape index (κ1) is 34.2. The number of hydrogen-bond donors (Lipinski definition) is 0. The SMILES string of the molecule is Fc1cc(-c2cc3cc4cc5sc(-c6ccc(-c7ccc(-c8ccccc8)c(F)c7)c(F)c6)cc5cc4cc3s2)ccc1-c1ccc(-c2ccccc2)c(F)c1. The number of thiophene rings is 2. The minimum absolute atomic E-state index is 0.349. The van der Waals surface area contributed by atoms with Crippen molar-refractivity contribution in [3.8, 4) is 65.4 Å². The fourth-order valence-corrected chi connectivity index (χ4v) is 9.66. The Hall–Kier alpha value is -6.34. The van der Waals surface area contributed by atoms with Crippen molar-refractivity contribution in [3.63, 3.8) is 0 Å². The molecule has 0 atom stereocenters. The Morgan fingerprint density at radius 2 is 0.607 bits per heavy atom. The average Bonchev–Trinajstić information content (AvgIpc) is 3.83. The summed E-state index contributed by atoms with van der Waals surface area (Å²) in [6, 6.07) is 51.4. The fraction of sp³-hybridized carbons (Fsp3) is 0. The van der Waals surface area contributed by atoms with Crippen LogP contribution >= 0.6 is 22.7 Å². The third-order valence-electron chi connectivity index (χ3n) is 10.3. The normalized spacial score (nSPS) is 11.6. The topological polar surface area (TPSA) is 0 Å². The van der Waals surface area contributed by atoms with Crippen molar-refractivity contribution in [1.82, 2.24) is 0 Å². The molecule has 56 heavy (non-hydrogen) atoms. The molecule has 2 aromatic heterocycles. The molecule has 0 saturated heterocycles. The van der Waals surface area contributed by atoms with Crippen molar-refractivity contribution in [3.05, 3.63) is 193 Å². The summed E-state index contributed by atoms with van der Waals surface area (Å²) in [5.41, 5.74) is 5.69. The van der Waals surface area contributed by atoms with Gasteiger partial charge in [-0.3, -0.25) is 0 Å². The highest BCUT2D eigenvalue weighted by Crippen LogP contribution is 2.42. The minimum Gasteiger partial charge on any atom is -0.206 e. The maximum absolute atomic E-state index is 15.6. The highest BCUT2D eigenvalue weighted by molar-refractivity contribution is 7.22. The number of halogens is 4. The number of benzene rings is 8. The monoisotopic (exact) mass is 768 g/mol. The smallest absolute Gasteiger partial charge is 0.131 e. The van der Waals surface area contributed by atoms with Gasteiger partial charge in [-0.05, 0) is 116 Å². The van der Waals surface area contributed by atoms with Crippen molar-refractivity contribution in [2.24, 2.45) is 0 Å². The van der Waals surface area contributed by atoms with Crippen molar-refractivity contribution < 1.29 is 17.6 Å². The van der Waals surface area contributed by atoms with Crippen molar-refractivity contribution in [1.29, 1.82) is 0 Å². The zero-order valence-corrected chi connectivity index (χ0v) is 31.1. The Morgan fingerprint density at radius 3 is 0.982 bits per heavy atom. The van der Waals surface area contributed by atoms with Crippen LogP contribution in [-0.2, 0) is 0 Å². The molecule has 8 aromatic carbocycles. The van der Waals surface area contributed by atoms with Gasteiger partial charge < -0.3 is 0 Å². The average molecular weight is 769 g/mol. The van der Waals surface area contributed by atoms with Crippen LogP contribution in [-0.4, -0.2) is 0 Å². The van der Waals surface area contributed by atoms with Crippen LogP contribution in [0.3, 0.4) is 0 Å². The third-order valence-corrected chi connectivity index (χ3v) is 12.6. The van der Waals surface area contributed by atoms with Gasteiger partial charge in [0, 0.05) is 41.4 Å². The molecular formula is C50H28F4S2. The van der Waals surface area contributed by atoms with Gasteiger partial charge in [-0.15, -0.1) is 22.7 Å². The molecule has 0 aliphatic carbocycles. The van der Waals surface area contributed by atoms with E-state index in [2.05, 4.69) is 36.4 Å². The third kappa shape index (κ3) is 6.17. The van der Waals surface area contributed by atoms with E-state index in [1.54, 1.807) is 59.1 Å². The second-order valence-electron chi connectivity index (χ2n) is 13.9. The molecule has 0 aliphatic heterocycles. The molecule has 0 saturated carbocycles. The van der Waals surface area contributed by atoms with E-state index in [-0.39, 0.29) is 0 Å². The van der Waals surface area contributed by atoms with E-state index in [0.29, 0.717) is 33.4 Å². The van der Waals surface area contributed by atoms with Gasteiger partial charge in [0.15, 0.2) is 0 Å². The van der Waals surface area contributed by atoms with Gasteiger partial charge in [0.2, 0.25) is 0 Å². The summed E-state index contributed by atoms with van der Waals surface area (Å²) >= 11 is 3.19. The Kier molecular flexibility index (Phi) is 8.39. The van der Waals surface area contributed by atoms with Crippen LogP contribution in [0.1, 0.15) is 0 Å². The van der Waals surface area contributed by atoms with Crippen LogP contribution in [0.4, 0.5) is 17.6 Å². The first-order valence-corrected chi connectivity index (χ1v) is 19.7. The van der Waals surface area contributed by atoms with Crippen LogP contribution in [0, 0.1) is 23.3 Å². The van der Waals surface area contributed by atoms with Crippen LogP contribution < -0.4 is 0 Å². The molecule has 0 unspecified atom stereocenters. The molecule has 0 radical (unpaired) electrons. The predicted octanol–water partition coefficient (Wildman–Crippen LogP) is 15.8. The maximum Gasteiger partial charge on any atom is 0.131 e. The lowest BCUT2D eigenvalue weighted by Gasteiger charge is -2.09. The second-order valence-corrected chi connectivity index (χ2v) is 16.0. The molecule has 10 aromatic rings. The fourth-order valence-electron chi connectivity index (χ4n) is 7.48. The van der Waals surface area contributed by atoms with Crippen LogP contribution in [0.25, 0.3) is 96.3 Å². The van der Waals surface area contributed by atoms with Crippen molar-refractivity contribution >= 4 is 53.6 Å². The molecule has 268 valence electrons. The molecular weight excluding hydrogens is 741 g/mol. The zero-order chi connectivity index (χ0) is 37.9. The molecule has 6 heteroatoms.